The number of likely N-dealkylation sites (tertiary alicyclic amines) is 1. The van der Waals surface area contributed by atoms with Crippen molar-refractivity contribution < 1.29 is 14.6 Å². The predicted octanol–water partition coefficient (Wildman–Crippen LogP) is 1.60. The highest BCUT2D eigenvalue weighted by Crippen LogP contribution is 2.32. The topological polar surface area (TPSA) is 49.8 Å². The lowest BCUT2D eigenvalue weighted by molar-refractivity contribution is -0.140. The van der Waals surface area contributed by atoms with Crippen molar-refractivity contribution in [2.24, 2.45) is 5.41 Å². The third-order valence-corrected chi connectivity index (χ3v) is 3.26. The number of hydrogen-bond acceptors (Lipinski definition) is 3. The van der Waals surface area contributed by atoms with Gasteiger partial charge in [-0.15, -0.1) is 0 Å². The molecule has 0 aromatic rings. The largest absolute Gasteiger partial charge is 0.481 e. The molecule has 1 fully saturated rings. The SMILES string of the molecule is COCCCN1CCCC(C)(CC(=O)O)C1. The van der Waals surface area contributed by atoms with Crippen LogP contribution in [0.1, 0.15) is 32.6 Å². The molecule has 4 nitrogen and oxygen atoms in total. The number of carbonyl (C=O) groups is 1. The molecule has 4 heteroatoms. The second kappa shape index (κ2) is 6.21. The molecule has 0 aromatic carbocycles. The zero-order valence-electron chi connectivity index (χ0n) is 10.4. The molecule has 0 radical (unpaired) electrons. The number of aliphatic carboxylic acids is 1. The molecule has 1 aliphatic rings. The van der Waals surface area contributed by atoms with Crippen LogP contribution in [-0.4, -0.2) is 49.3 Å². The Kier molecular flexibility index (Phi) is 5.22. The summed E-state index contributed by atoms with van der Waals surface area (Å²) < 4.78 is 5.03. The Morgan fingerprint density at radius 2 is 2.31 bits per heavy atom. The molecule has 0 amide bonds. The van der Waals surface area contributed by atoms with Crippen LogP contribution < -0.4 is 0 Å². The summed E-state index contributed by atoms with van der Waals surface area (Å²) >= 11 is 0. The van der Waals surface area contributed by atoms with Gasteiger partial charge in [0, 0.05) is 26.8 Å². The van der Waals surface area contributed by atoms with Gasteiger partial charge in [-0.2, -0.15) is 0 Å². The number of nitrogens with zero attached hydrogens (tertiary/aromatic N) is 1. The van der Waals surface area contributed by atoms with Gasteiger partial charge in [0.15, 0.2) is 0 Å². The Morgan fingerprint density at radius 3 is 2.94 bits per heavy atom. The van der Waals surface area contributed by atoms with Crippen molar-refractivity contribution in [3.63, 3.8) is 0 Å². The van der Waals surface area contributed by atoms with Gasteiger partial charge in [0.05, 0.1) is 6.42 Å². The number of piperidine rings is 1. The Hall–Kier alpha value is -0.610. The van der Waals surface area contributed by atoms with Gasteiger partial charge in [0.2, 0.25) is 0 Å². The fourth-order valence-corrected chi connectivity index (χ4v) is 2.56. The quantitative estimate of drug-likeness (QED) is 0.703. The maximum atomic E-state index is 10.8. The molecule has 1 saturated heterocycles. The number of ether oxygens (including phenoxy) is 1. The van der Waals surface area contributed by atoms with Crippen LogP contribution in [0.2, 0.25) is 0 Å². The van der Waals surface area contributed by atoms with Gasteiger partial charge in [-0.3, -0.25) is 4.79 Å². The lowest BCUT2D eigenvalue weighted by atomic mass is 9.79. The monoisotopic (exact) mass is 229 g/mol. The smallest absolute Gasteiger partial charge is 0.303 e. The second-order valence-corrected chi connectivity index (χ2v) is 5.11. The van der Waals surface area contributed by atoms with Crippen LogP contribution in [0.4, 0.5) is 0 Å². The van der Waals surface area contributed by atoms with Crippen molar-refractivity contribution in [2.75, 3.05) is 33.4 Å². The fourth-order valence-electron chi connectivity index (χ4n) is 2.56. The summed E-state index contributed by atoms with van der Waals surface area (Å²) in [6.07, 6.45) is 3.45. The van der Waals surface area contributed by atoms with Crippen LogP contribution in [0.5, 0.6) is 0 Å². The van der Waals surface area contributed by atoms with E-state index in [-0.39, 0.29) is 11.8 Å². The Labute approximate surface area is 97.6 Å². The third kappa shape index (κ3) is 4.49. The Bertz CT molecular complexity index is 232. The molecule has 94 valence electrons. The van der Waals surface area contributed by atoms with Gasteiger partial charge in [-0.1, -0.05) is 6.92 Å². The molecule has 0 aliphatic carbocycles. The number of rotatable bonds is 6. The Morgan fingerprint density at radius 1 is 1.56 bits per heavy atom. The molecular formula is C12H23NO3. The molecule has 1 heterocycles. The molecule has 1 rings (SSSR count). The van der Waals surface area contributed by atoms with Crippen molar-refractivity contribution in [3.05, 3.63) is 0 Å². The summed E-state index contributed by atoms with van der Waals surface area (Å²) in [6.45, 7) is 5.89. The molecule has 0 saturated carbocycles. The number of carboxylic acid groups (broad SMARTS) is 1. The van der Waals surface area contributed by atoms with Crippen molar-refractivity contribution in [3.8, 4) is 0 Å². The maximum absolute atomic E-state index is 10.8. The summed E-state index contributed by atoms with van der Waals surface area (Å²) in [5, 5.41) is 8.89. The molecule has 1 aliphatic heterocycles. The number of carboxylic acids is 1. The van der Waals surface area contributed by atoms with Crippen LogP contribution in [0.3, 0.4) is 0 Å². The van der Waals surface area contributed by atoms with E-state index in [1.165, 1.54) is 0 Å². The maximum Gasteiger partial charge on any atom is 0.303 e. The predicted molar refractivity (Wildman–Crippen MR) is 62.5 cm³/mol. The zero-order valence-corrected chi connectivity index (χ0v) is 10.4. The van der Waals surface area contributed by atoms with Crippen LogP contribution in [0.15, 0.2) is 0 Å². The molecule has 0 aromatic heterocycles. The highest BCUT2D eigenvalue weighted by Gasteiger charge is 2.32. The summed E-state index contributed by atoms with van der Waals surface area (Å²) in [4.78, 5) is 13.2. The highest BCUT2D eigenvalue weighted by molar-refractivity contribution is 5.67. The minimum atomic E-state index is -0.679. The van der Waals surface area contributed by atoms with Crippen LogP contribution >= 0.6 is 0 Å². The highest BCUT2D eigenvalue weighted by atomic mass is 16.5. The van der Waals surface area contributed by atoms with Gasteiger partial charge in [0.1, 0.15) is 0 Å². The van der Waals surface area contributed by atoms with E-state index in [9.17, 15) is 4.79 Å². The summed E-state index contributed by atoms with van der Waals surface area (Å²) in [5.41, 5.74) is -0.0445. The average Bonchev–Trinajstić information content (AvgIpc) is 2.16. The molecule has 1 unspecified atom stereocenters. The van der Waals surface area contributed by atoms with Crippen molar-refractivity contribution in [1.82, 2.24) is 4.90 Å². The van der Waals surface area contributed by atoms with E-state index in [4.69, 9.17) is 9.84 Å². The summed E-state index contributed by atoms with van der Waals surface area (Å²) in [5.74, 6) is -0.679. The Balaban J connectivity index is 2.36. The van der Waals surface area contributed by atoms with Gasteiger partial charge >= 0.3 is 5.97 Å². The van der Waals surface area contributed by atoms with Crippen molar-refractivity contribution in [2.45, 2.75) is 32.6 Å². The minimum absolute atomic E-state index is 0.0445. The molecule has 16 heavy (non-hydrogen) atoms. The normalized spacial score (nSPS) is 26.9. The van der Waals surface area contributed by atoms with E-state index in [1.807, 2.05) is 0 Å². The number of methoxy groups -OCH3 is 1. The first-order chi connectivity index (χ1) is 7.56. The van der Waals surface area contributed by atoms with Gasteiger partial charge in [-0.05, 0) is 31.2 Å². The van der Waals surface area contributed by atoms with E-state index in [0.717, 1.165) is 45.5 Å². The van der Waals surface area contributed by atoms with Crippen LogP contribution in [0.25, 0.3) is 0 Å². The summed E-state index contributed by atoms with van der Waals surface area (Å²) in [6, 6.07) is 0. The molecule has 0 spiro atoms. The van der Waals surface area contributed by atoms with Crippen LogP contribution in [0, 0.1) is 5.41 Å². The van der Waals surface area contributed by atoms with Crippen molar-refractivity contribution in [1.29, 1.82) is 0 Å². The molecule has 1 N–H and O–H groups in total. The van der Waals surface area contributed by atoms with Gasteiger partial charge in [-0.25, -0.2) is 0 Å². The van der Waals surface area contributed by atoms with Gasteiger partial charge < -0.3 is 14.7 Å². The van der Waals surface area contributed by atoms with E-state index >= 15 is 0 Å². The van der Waals surface area contributed by atoms with E-state index < -0.39 is 5.97 Å². The first-order valence-corrected chi connectivity index (χ1v) is 5.99. The fraction of sp³-hybridized carbons (Fsp3) is 0.917. The second-order valence-electron chi connectivity index (χ2n) is 5.11. The zero-order chi connectivity index (χ0) is 12.0. The minimum Gasteiger partial charge on any atom is -0.481 e. The average molecular weight is 229 g/mol. The standard InChI is InChI=1S/C12H23NO3/c1-12(9-11(14)15)5-3-6-13(10-12)7-4-8-16-2/h3-10H2,1-2H3,(H,14,15). The third-order valence-electron chi connectivity index (χ3n) is 3.26. The van der Waals surface area contributed by atoms with Gasteiger partial charge in [0.25, 0.3) is 0 Å². The molecular weight excluding hydrogens is 206 g/mol. The number of hydrogen-bond donors (Lipinski definition) is 1. The first-order valence-electron chi connectivity index (χ1n) is 5.99. The van der Waals surface area contributed by atoms with E-state index in [1.54, 1.807) is 7.11 Å². The molecule has 0 bridgehead atoms. The molecule has 1 atom stereocenters. The summed E-state index contributed by atoms with van der Waals surface area (Å²) in [7, 11) is 1.71. The lowest BCUT2D eigenvalue weighted by Gasteiger charge is -2.39. The lowest BCUT2D eigenvalue weighted by Crippen LogP contribution is -2.43. The first kappa shape index (κ1) is 13.5. The van der Waals surface area contributed by atoms with E-state index in [2.05, 4.69) is 11.8 Å². The van der Waals surface area contributed by atoms with E-state index in [0.29, 0.717) is 0 Å². The van der Waals surface area contributed by atoms with Crippen molar-refractivity contribution >= 4 is 5.97 Å². The van der Waals surface area contributed by atoms with Crippen LogP contribution in [-0.2, 0) is 9.53 Å².